The van der Waals surface area contributed by atoms with E-state index in [0.29, 0.717) is 12.1 Å². The lowest BCUT2D eigenvalue weighted by molar-refractivity contribution is -0.120. The number of fused-ring (bicyclic) bond motifs is 5. The fraction of sp³-hybridized carbons (Fsp3) is 0.133. The van der Waals surface area contributed by atoms with Crippen molar-refractivity contribution in [2.45, 2.75) is 25.4 Å². The van der Waals surface area contributed by atoms with Crippen molar-refractivity contribution < 1.29 is 9.59 Å². The minimum absolute atomic E-state index is 0.167. The summed E-state index contributed by atoms with van der Waals surface area (Å²) in [4.78, 5) is 34.8. The fourth-order valence-electron chi connectivity index (χ4n) is 5.79. The number of aromatic amines is 1. The number of rotatable bonds is 2. The maximum atomic E-state index is 14.1. The van der Waals surface area contributed by atoms with Gasteiger partial charge in [0.2, 0.25) is 0 Å². The number of carbonyl (C=O) groups excluding carboxylic acids is 2. The summed E-state index contributed by atoms with van der Waals surface area (Å²) in [6, 6.07) is 28.9. The van der Waals surface area contributed by atoms with Gasteiger partial charge in [-0.05, 0) is 35.6 Å². The van der Waals surface area contributed by atoms with E-state index in [1.165, 1.54) is 4.90 Å². The van der Waals surface area contributed by atoms with Gasteiger partial charge in [-0.15, -0.1) is 0 Å². The van der Waals surface area contributed by atoms with Gasteiger partial charge in [0.15, 0.2) is 0 Å². The fourth-order valence-corrected chi connectivity index (χ4v) is 5.79. The van der Waals surface area contributed by atoms with Crippen molar-refractivity contribution in [3.63, 3.8) is 0 Å². The highest BCUT2D eigenvalue weighted by molar-refractivity contribution is 6.24. The molecule has 0 spiro atoms. The molecule has 3 heterocycles. The number of aromatic nitrogens is 1. The van der Waals surface area contributed by atoms with Crippen molar-refractivity contribution in [1.29, 1.82) is 0 Å². The summed E-state index contributed by atoms with van der Waals surface area (Å²) >= 11 is 0. The third-order valence-corrected chi connectivity index (χ3v) is 7.45. The van der Waals surface area contributed by atoms with Gasteiger partial charge < -0.3 is 4.98 Å². The molecule has 0 unspecified atom stereocenters. The van der Waals surface area contributed by atoms with Crippen LogP contribution in [0.3, 0.4) is 0 Å². The topological polar surface area (TPSA) is 56.4 Å². The molecule has 5 aromatic rings. The molecule has 4 aromatic carbocycles. The molecule has 1 aromatic heterocycles. The van der Waals surface area contributed by atoms with Crippen LogP contribution in [0.2, 0.25) is 0 Å². The van der Waals surface area contributed by atoms with E-state index in [1.807, 2.05) is 54.6 Å². The molecule has 2 aliphatic heterocycles. The van der Waals surface area contributed by atoms with Gasteiger partial charge in [-0.3, -0.25) is 9.69 Å². The van der Waals surface area contributed by atoms with Gasteiger partial charge in [-0.1, -0.05) is 84.4 Å². The Hall–Kier alpha value is -4.38. The first kappa shape index (κ1) is 20.0. The van der Waals surface area contributed by atoms with Crippen LogP contribution in [0.15, 0.2) is 91.0 Å². The predicted molar refractivity (Wildman–Crippen MR) is 137 cm³/mol. The number of amides is 3. The van der Waals surface area contributed by atoms with Crippen LogP contribution in [-0.2, 0) is 11.2 Å². The quantitative estimate of drug-likeness (QED) is 0.325. The number of aryl methyl sites for hydroxylation is 1. The zero-order valence-corrected chi connectivity index (χ0v) is 19.2. The Balaban J connectivity index is 1.43. The van der Waals surface area contributed by atoms with Gasteiger partial charge >= 0.3 is 6.03 Å². The van der Waals surface area contributed by atoms with Crippen molar-refractivity contribution in [2.24, 2.45) is 0 Å². The van der Waals surface area contributed by atoms with Gasteiger partial charge in [-0.25, -0.2) is 9.69 Å². The average Bonchev–Trinajstić information content (AvgIpc) is 3.38. The van der Waals surface area contributed by atoms with Crippen LogP contribution in [0.1, 0.15) is 28.4 Å². The van der Waals surface area contributed by atoms with E-state index in [9.17, 15) is 9.59 Å². The van der Waals surface area contributed by atoms with Crippen LogP contribution in [0, 0.1) is 6.92 Å². The zero-order valence-electron chi connectivity index (χ0n) is 19.2. The zero-order chi connectivity index (χ0) is 23.7. The van der Waals surface area contributed by atoms with Gasteiger partial charge in [0, 0.05) is 28.4 Å². The largest absolute Gasteiger partial charge is 0.356 e. The molecule has 2 aliphatic rings. The van der Waals surface area contributed by atoms with Crippen LogP contribution in [0.25, 0.3) is 21.7 Å². The van der Waals surface area contributed by atoms with Crippen LogP contribution in [0.5, 0.6) is 0 Å². The highest BCUT2D eigenvalue weighted by Crippen LogP contribution is 2.45. The van der Waals surface area contributed by atoms with E-state index in [-0.39, 0.29) is 18.0 Å². The van der Waals surface area contributed by atoms with Crippen molar-refractivity contribution in [2.75, 3.05) is 4.90 Å². The Morgan fingerprint density at radius 1 is 0.800 bits per heavy atom. The molecule has 1 saturated heterocycles. The van der Waals surface area contributed by atoms with Gasteiger partial charge in [0.25, 0.3) is 5.91 Å². The number of imide groups is 1. The first-order valence-electron chi connectivity index (χ1n) is 11.9. The average molecular weight is 458 g/mol. The standard InChI is InChI=1S/C30H23N3O2/c1-18-13-15-20(16-14-18)28-27-23(22-10-4-5-11-24(22)31-27)17-26-29(34)33(30(35)32(26)28)25-12-6-8-19-7-2-3-9-21(19)25/h2-16,26,28,31H,17H2,1H3/t26-,28+/m0/s1. The number of benzene rings is 4. The second kappa shape index (κ2) is 7.31. The summed E-state index contributed by atoms with van der Waals surface area (Å²) in [6.07, 6.45) is 0.494. The summed E-state index contributed by atoms with van der Waals surface area (Å²) in [7, 11) is 0. The molecule has 170 valence electrons. The lowest BCUT2D eigenvalue weighted by Gasteiger charge is -2.36. The molecule has 5 nitrogen and oxygen atoms in total. The summed E-state index contributed by atoms with van der Waals surface area (Å²) in [5.41, 5.74) is 5.93. The van der Waals surface area contributed by atoms with E-state index >= 15 is 0 Å². The number of hydrogen-bond donors (Lipinski definition) is 1. The third-order valence-electron chi connectivity index (χ3n) is 7.45. The number of nitrogens with one attached hydrogen (secondary N) is 1. The monoisotopic (exact) mass is 457 g/mol. The molecule has 35 heavy (non-hydrogen) atoms. The summed E-state index contributed by atoms with van der Waals surface area (Å²) in [6.45, 7) is 2.05. The van der Waals surface area contributed by atoms with Gasteiger partial charge in [-0.2, -0.15) is 0 Å². The Morgan fingerprint density at radius 3 is 2.34 bits per heavy atom. The summed E-state index contributed by atoms with van der Waals surface area (Å²) in [5, 5.41) is 3.01. The lowest BCUT2D eigenvalue weighted by Crippen LogP contribution is -2.44. The minimum atomic E-state index is -0.556. The Kier molecular flexibility index (Phi) is 4.18. The van der Waals surface area contributed by atoms with Crippen molar-refractivity contribution >= 4 is 39.3 Å². The van der Waals surface area contributed by atoms with Crippen molar-refractivity contribution in [3.8, 4) is 0 Å². The van der Waals surface area contributed by atoms with Crippen molar-refractivity contribution in [3.05, 3.63) is 113 Å². The number of anilines is 1. The molecular formula is C30H23N3O2. The number of hydrogen-bond acceptors (Lipinski definition) is 2. The molecule has 0 aliphatic carbocycles. The van der Waals surface area contributed by atoms with Crippen LogP contribution < -0.4 is 4.90 Å². The number of para-hydroxylation sites is 1. The Morgan fingerprint density at radius 2 is 1.51 bits per heavy atom. The lowest BCUT2D eigenvalue weighted by atomic mass is 9.88. The first-order chi connectivity index (χ1) is 17.1. The van der Waals surface area contributed by atoms with Crippen molar-refractivity contribution in [1.82, 2.24) is 9.88 Å². The Labute approximate surface area is 202 Å². The number of urea groups is 1. The molecule has 1 fully saturated rings. The van der Waals surface area contributed by atoms with E-state index in [1.54, 1.807) is 4.90 Å². The van der Waals surface area contributed by atoms with Crippen LogP contribution in [0.4, 0.5) is 10.5 Å². The Bertz CT molecular complexity index is 1640. The van der Waals surface area contributed by atoms with Crippen LogP contribution in [-0.4, -0.2) is 27.9 Å². The van der Waals surface area contributed by atoms with Crippen LogP contribution >= 0.6 is 0 Å². The molecule has 5 heteroatoms. The first-order valence-corrected chi connectivity index (χ1v) is 11.9. The van der Waals surface area contributed by atoms with Gasteiger partial charge in [0.1, 0.15) is 12.1 Å². The molecule has 0 bridgehead atoms. The van der Waals surface area contributed by atoms with E-state index in [4.69, 9.17) is 0 Å². The molecular weight excluding hydrogens is 434 g/mol. The van der Waals surface area contributed by atoms with E-state index < -0.39 is 6.04 Å². The SMILES string of the molecule is Cc1ccc([C@@H]2c3[nH]c4ccccc4c3C[C@H]3C(=O)N(c4cccc5ccccc45)C(=O)N23)cc1. The normalized spacial score (nSPS) is 19.5. The minimum Gasteiger partial charge on any atom is -0.356 e. The highest BCUT2D eigenvalue weighted by Gasteiger charge is 2.53. The third kappa shape index (κ3) is 2.81. The molecule has 0 radical (unpaired) electrons. The van der Waals surface area contributed by atoms with E-state index in [2.05, 4.69) is 48.3 Å². The summed E-state index contributed by atoms with van der Waals surface area (Å²) in [5.74, 6) is -0.167. The number of nitrogens with zero attached hydrogens (tertiary/aromatic N) is 2. The molecule has 1 N–H and O–H groups in total. The molecule has 2 atom stereocenters. The second-order valence-electron chi connectivity index (χ2n) is 9.46. The summed E-state index contributed by atoms with van der Waals surface area (Å²) < 4.78 is 0. The molecule has 3 amide bonds. The number of carbonyl (C=O) groups is 2. The van der Waals surface area contributed by atoms with E-state index in [0.717, 1.165) is 44.1 Å². The van der Waals surface area contributed by atoms with Gasteiger partial charge in [0.05, 0.1) is 5.69 Å². The smallest absolute Gasteiger partial charge is 0.332 e. The molecule has 0 saturated carbocycles. The highest BCUT2D eigenvalue weighted by atomic mass is 16.2. The predicted octanol–water partition coefficient (Wildman–Crippen LogP) is 6.11. The maximum Gasteiger partial charge on any atom is 0.332 e. The molecule has 7 rings (SSSR count). The maximum absolute atomic E-state index is 14.1. The number of H-pyrrole nitrogens is 1. The second-order valence-corrected chi connectivity index (χ2v) is 9.46.